The average molecular weight is 429 g/mol. The zero-order chi connectivity index (χ0) is 22.1. The highest BCUT2D eigenvalue weighted by Gasteiger charge is 2.24. The van der Waals surface area contributed by atoms with Crippen LogP contribution in [-0.4, -0.2) is 53.0 Å². The number of ether oxygens (including phenoxy) is 1. The van der Waals surface area contributed by atoms with E-state index in [9.17, 15) is 4.79 Å². The van der Waals surface area contributed by atoms with Crippen molar-refractivity contribution in [3.63, 3.8) is 0 Å². The van der Waals surface area contributed by atoms with E-state index in [-0.39, 0.29) is 18.4 Å². The van der Waals surface area contributed by atoms with Gasteiger partial charge in [0.05, 0.1) is 25.3 Å². The molecule has 0 saturated carbocycles. The Kier molecular flexibility index (Phi) is 5.18. The van der Waals surface area contributed by atoms with Crippen molar-refractivity contribution in [1.82, 2.24) is 20.1 Å². The topological polar surface area (TPSA) is 96.1 Å². The highest BCUT2D eigenvalue weighted by molar-refractivity contribution is 5.97. The van der Waals surface area contributed by atoms with Crippen molar-refractivity contribution in [1.29, 1.82) is 0 Å². The van der Waals surface area contributed by atoms with Crippen molar-refractivity contribution in [2.24, 2.45) is 10.1 Å². The first-order chi connectivity index (χ1) is 15.6. The molecule has 2 N–H and O–H groups in total. The van der Waals surface area contributed by atoms with E-state index in [4.69, 9.17) is 9.84 Å². The lowest BCUT2D eigenvalue weighted by atomic mass is 10.1. The largest absolute Gasteiger partial charge is 0.496 e. The van der Waals surface area contributed by atoms with Gasteiger partial charge >= 0.3 is 0 Å². The third-order valence-electron chi connectivity index (χ3n) is 5.46. The minimum absolute atomic E-state index is 0.126. The fourth-order valence-electron chi connectivity index (χ4n) is 3.66. The SMILES string of the molecule is COc1ccc(C)cc1-c1nn(C2CNC2)cc1NC(=O)CC1=C=NN2C=CC=NC2=C1. The van der Waals surface area contributed by atoms with Gasteiger partial charge in [-0.1, -0.05) is 11.6 Å². The number of nitrogens with one attached hydrogen (secondary N) is 2. The molecule has 2 aromatic rings. The zero-order valence-electron chi connectivity index (χ0n) is 17.9. The van der Waals surface area contributed by atoms with Crippen LogP contribution in [0.4, 0.5) is 5.69 Å². The number of anilines is 1. The molecule has 162 valence electrons. The first kappa shape index (κ1) is 20.0. The maximum absolute atomic E-state index is 12.9. The highest BCUT2D eigenvalue weighted by atomic mass is 16.5. The minimum Gasteiger partial charge on any atom is -0.496 e. The number of aromatic nitrogens is 2. The van der Waals surface area contributed by atoms with Crippen LogP contribution >= 0.6 is 0 Å². The lowest BCUT2D eigenvalue weighted by molar-refractivity contribution is -0.115. The number of aliphatic imine (C=N–C) groups is 1. The standard InChI is InChI=1S/C23H23N7O2/c1-15-4-5-20(32-2)18(8-15)23-19(14-30(28-23)17-12-24-13-17)27-22(31)10-16-9-21-25-6-3-7-29(21)26-11-16/h3-9,14,17,24H,10,12-13H2,1-2H3,(H,27,31). The van der Waals surface area contributed by atoms with E-state index in [1.807, 2.05) is 36.0 Å². The first-order valence-corrected chi connectivity index (χ1v) is 10.4. The fraction of sp³-hybridized carbons (Fsp3) is 0.261. The fourth-order valence-corrected chi connectivity index (χ4v) is 3.66. The molecule has 5 rings (SSSR count). The molecule has 4 heterocycles. The van der Waals surface area contributed by atoms with E-state index in [0.717, 1.165) is 24.2 Å². The van der Waals surface area contributed by atoms with Crippen LogP contribution in [0.15, 0.2) is 64.2 Å². The van der Waals surface area contributed by atoms with E-state index in [1.54, 1.807) is 36.7 Å². The number of hydrazone groups is 1. The first-order valence-electron chi connectivity index (χ1n) is 10.4. The molecule has 0 atom stereocenters. The van der Waals surface area contributed by atoms with Gasteiger partial charge in [-0.25, -0.2) is 10.0 Å². The summed E-state index contributed by atoms with van der Waals surface area (Å²) in [5.74, 6) is 4.09. The third-order valence-corrected chi connectivity index (χ3v) is 5.46. The van der Waals surface area contributed by atoms with Crippen molar-refractivity contribution in [3.05, 3.63) is 59.7 Å². The van der Waals surface area contributed by atoms with Gasteiger partial charge in [0.15, 0.2) is 5.82 Å². The maximum atomic E-state index is 12.9. The van der Waals surface area contributed by atoms with Gasteiger partial charge in [0, 0.05) is 48.7 Å². The Balaban J connectivity index is 1.43. The van der Waals surface area contributed by atoms with Gasteiger partial charge in [0.25, 0.3) is 0 Å². The predicted molar refractivity (Wildman–Crippen MR) is 123 cm³/mol. The van der Waals surface area contributed by atoms with Gasteiger partial charge in [0.2, 0.25) is 5.91 Å². The Morgan fingerprint density at radius 1 is 1.38 bits per heavy atom. The van der Waals surface area contributed by atoms with Crippen molar-refractivity contribution in [3.8, 4) is 17.0 Å². The number of methoxy groups -OCH3 is 1. The summed E-state index contributed by atoms with van der Waals surface area (Å²) in [5.41, 5.74) is 3.91. The summed E-state index contributed by atoms with van der Waals surface area (Å²) in [6, 6.07) is 6.18. The van der Waals surface area contributed by atoms with E-state index in [0.29, 0.717) is 28.5 Å². The van der Waals surface area contributed by atoms with Crippen molar-refractivity contribution in [2.75, 3.05) is 25.5 Å². The average Bonchev–Trinajstić information content (AvgIpc) is 3.14. The predicted octanol–water partition coefficient (Wildman–Crippen LogP) is 2.61. The van der Waals surface area contributed by atoms with Gasteiger partial charge in [-0.15, -0.1) is 5.10 Å². The highest BCUT2D eigenvalue weighted by Crippen LogP contribution is 2.36. The molecule has 0 spiro atoms. The lowest BCUT2D eigenvalue weighted by Crippen LogP contribution is -2.43. The quantitative estimate of drug-likeness (QED) is 0.736. The van der Waals surface area contributed by atoms with Crippen molar-refractivity contribution >= 4 is 23.7 Å². The second-order valence-corrected chi connectivity index (χ2v) is 7.82. The molecule has 1 aromatic carbocycles. The summed E-state index contributed by atoms with van der Waals surface area (Å²) >= 11 is 0. The molecular weight excluding hydrogens is 406 g/mol. The Hall–Kier alpha value is -3.94. The number of aryl methyl sites for hydroxylation is 1. The number of carbonyl (C=O) groups is 1. The molecule has 0 radical (unpaired) electrons. The Morgan fingerprint density at radius 3 is 3.03 bits per heavy atom. The van der Waals surface area contributed by atoms with E-state index in [2.05, 4.69) is 26.6 Å². The summed E-state index contributed by atoms with van der Waals surface area (Å²) in [6.07, 6.45) is 9.08. The van der Waals surface area contributed by atoms with E-state index < -0.39 is 0 Å². The summed E-state index contributed by atoms with van der Waals surface area (Å²) < 4.78 is 7.47. The van der Waals surface area contributed by atoms with Crippen LogP contribution in [0.25, 0.3) is 11.3 Å². The number of allylic oxidation sites excluding steroid dienone is 2. The summed E-state index contributed by atoms with van der Waals surface area (Å²) in [5, 5.41) is 16.9. The van der Waals surface area contributed by atoms with Crippen LogP contribution in [0.2, 0.25) is 0 Å². The monoisotopic (exact) mass is 429 g/mol. The number of fused-ring (bicyclic) bond motifs is 1. The number of hydrogen-bond donors (Lipinski definition) is 2. The molecule has 1 saturated heterocycles. The Labute approximate surface area is 185 Å². The second-order valence-electron chi connectivity index (χ2n) is 7.82. The number of rotatable bonds is 6. The molecule has 1 fully saturated rings. The Bertz CT molecular complexity index is 1230. The van der Waals surface area contributed by atoms with Gasteiger partial charge in [0.1, 0.15) is 11.4 Å². The molecule has 1 amide bonds. The molecule has 3 aliphatic rings. The summed E-state index contributed by atoms with van der Waals surface area (Å²) in [4.78, 5) is 17.2. The number of benzene rings is 1. The van der Waals surface area contributed by atoms with Gasteiger partial charge in [-0.05, 0) is 31.2 Å². The van der Waals surface area contributed by atoms with Crippen LogP contribution in [0, 0.1) is 6.92 Å². The van der Waals surface area contributed by atoms with Crippen molar-refractivity contribution in [2.45, 2.75) is 19.4 Å². The maximum Gasteiger partial charge on any atom is 0.229 e. The van der Waals surface area contributed by atoms with E-state index in [1.165, 1.54) is 0 Å². The van der Waals surface area contributed by atoms with Crippen LogP contribution < -0.4 is 15.4 Å². The number of amides is 1. The smallest absolute Gasteiger partial charge is 0.229 e. The minimum atomic E-state index is -0.178. The van der Waals surface area contributed by atoms with Crippen LogP contribution in [-0.2, 0) is 4.79 Å². The van der Waals surface area contributed by atoms with Gasteiger partial charge in [-0.2, -0.15) is 5.10 Å². The molecular formula is C23H23N7O2. The molecule has 9 nitrogen and oxygen atoms in total. The number of carbonyl (C=O) groups excluding carboxylic acids is 1. The molecule has 0 unspecified atom stereocenters. The molecule has 9 heteroatoms. The molecule has 0 bridgehead atoms. The van der Waals surface area contributed by atoms with Crippen LogP contribution in [0.5, 0.6) is 5.75 Å². The lowest BCUT2D eigenvalue weighted by Gasteiger charge is -2.27. The normalized spacial score (nSPS) is 16.9. The Morgan fingerprint density at radius 2 is 2.25 bits per heavy atom. The number of nitrogens with zero attached hydrogens (tertiary/aromatic N) is 5. The number of hydrogen-bond acceptors (Lipinski definition) is 7. The van der Waals surface area contributed by atoms with Crippen molar-refractivity contribution < 1.29 is 9.53 Å². The zero-order valence-corrected chi connectivity index (χ0v) is 17.9. The summed E-state index contributed by atoms with van der Waals surface area (Å²) in [7, 11) is 1.63. The summed E-state index contributed by atoms with van der Waals surface area (Å²) in [6.45, 7) is 3.71. The molecule has 1 aromatic heterocycles. The van der Waals surface area contributed by atoms with Crippen LogP contribution in [0.1, 0.15) is 18.0 Å². The molecule has 3 aliphatic heterocycles. The third kappa shape index (κ3) is 3.87. The molecule has 0 aliphatic carbocycles. The van der Waals surface area contributed by atoms with Gasteiger partial charge in [-0.3, -0.25) is 9.48 Å². The van der Waals surface area contributed by atoms with Gasteiger partial charge < -0.3 is 15.4 Å². The van der Waals surface area contributed by atoms with E-state index >= 15 is 0 Å². The molecule has 32 heavy (non-hydrogen) atoms. The van der Waals surface area contributed by atoms with Crippen LogP contribution in [0.3, 0.4) is 0 Å². The second kappa shape index (κ2) is 8.30.